The molecule has 126 valence electrons. The predicted octanol–water partition coefficient (Wildman–Crippen LogP) is 4.57. The second-order valence-corrected chi connectivity index (χ2v) is 5.97. The number of Topliss-reactive ketones (excluding diaryl/α,β-unsaturated/α-hetero) is 1. The highest BCUT2D eigenvalue weighted by Gasteiger charge is 2.22. The second kappa shape index (κ2) is 7.15. The quantitative estimate of drug-likeness (QED) is 0.501. The van der Waals surface area contributed by atoms with E-state index in [0.717, 1.165) is 16.6 Å². The standard InChI is InChI=1S/C22H17N3O/c26-22(18-11-5-2-6-12-18)21(16-15-17-9-3-1-4-10-17)25-20-14-8-7-13-19(20)23-24-25/h1-16,21H/b16-15+. The van der Waals surface area contributed by atoms with Gasteiger partial charge in [0.1, 0.15) is 11.6 Å². The Morgan fingerprint density at radius 2 is 1.50 bits per heavy atom. The summed E-state index contributed by atoms with van der Waals surface area (Å²) >= 11 is 0. The number of rotatable bonds is 5. The van der Waals surface area contributed by atoms with Crippen LogP contribution in [0.15, 0.2) is 91.0 Å². The molecule has 0 radical (unpaired) electrons. The molecular formula is C22H17N3O. The van der Waals surface area contributed by atoms with Crippen LogP contribution >= 0.6 is 0 Å². The third kappa shape index (κ3) is 3.17. The van der Waals surface area contributed by atoms with E-state index in [2.05, 4.69) is 10.3 Å². The third-order valence-electron chi connectivity index (χ3n) is 4.24. The minimum atomic E-state index is -0.565. The summed E-state index contributed by atoms with van der Waals surface area (Å²) in [5, 5.41) is 8.45. The Labute approximate surface area is 151 Å². The van der Waals surface area contributed by atoms with Crippen molar-refractivity contribution < 1.29 is 4.79 Å². The molecule has 0 amide bonds. The predicted molar refractivity (Wildman–Crippen MR) is 103 cm³/mol. The van der Waals surface area contributed by atoms with Gasteiger partial charge in [-0.2, -0.15) is 0 Å². The van der Waals surface area contributed by atoms with Crippen LogP contribution in [0.25, 0.3) is 17.1 Å². The van der Waals surface area contributed by atoms with Gasteiger partial charge in [-0.15, -0.1) is 5.10 Å². The first-order valence-electron chi connectivity index (χ1n) is 8.45. The highest BCUT2D eigenvalue weighted by molar-refractivity contribution is 6.01. The fourth-order valence-corrected chi connectivity index (χ4v) is 2.91. The van der Waals surface area contributed by atoms with Crippen molar-refractivity contribution in [2.45, 2.75) is 6.04 Å². The average Bonchev–Trinajstić information content (AvgIpc) is 3.13. The van der Waals surface area contributed by atoms with E-state index in [1.807, 2.05) is 97.1 Å². The summed E-state index contributed by atoms with van der Waals surface area (Å²) in [6.45, 7) is 0. The number of para-hydroxylation sites is 1. The van der Waals surface area contributed by atoms with Crippen LogP contribution in [0.3, 0.4) is 0 Å². The van der Waals surface area contributed by atoms with E-state index in [-0.39, 0.29) is 5.78 Å². The molecule has 0 aliphatic carbocycles. The maximum absolute atomic E-state index is 13.2. The Morgan fingerprint density at radius 3 is 2.27 bits per heavy atom. The fraction of sp³-hybridized carbons (Fsp3) is 0.0455. The Balaban J connectivity index is 1.79. The van der Waals surface area contributed by atoms with Gasteiger partial charge in [0.15, 0.2) is 5.78 Å². The zero-order chi connectivity index (χ0) is 17.8. The number of allylic oxidation sites excluding steroid dienone is 1. The van der Waals surface area contributed by atoms with E-state index in [4.69, 9.17) is 0 Å². The van der Waals surface area contributed by atoms with Crippen LogP contribution in [0.1, 0.15) is 22.0 Å². The van der Waals surface area contributed by atoms with Gasteiger partial charge in [-0.1, -0.05) is 90.2 Å². The van der Waals surface area contributed by atoms with Gasteiger partial charge in [0.25, 0.3) is 0 Å². The number of carbonyl (C=O) groups excluding carboxylic acids is 1. The van der Waals surface area contributed by atoms with Crippen LogP contribution < -0.4 is 0 Å². The first kappa shape index (κ1) is 16.0. The molecule has 26 heavy (non-hydrogen) atoms. The summed E-state index contributed by atoms with van der Waals surface area (Å²) in [5.41, 5.74) is 3.28. The molecule has 1 aromatic heterocycles. The van der Waals surface area contributed by atoms with Gasteiger partial charge in [-0.25, -0.2) is 4.68 Å². The summed E-state index contributed by atoms with van der Waals surface area (Å²) in [7, 11) is 0. The molecule has 0 saturated heterocycles. The highest BCUT2D eigenvalue weighted by atomic mass is 16.1. The number of carbonyl (C=O) groups is 1. The SMILES string of the molecule is O=C(c1ccccc1)C(/C=C/c1ccccc1)n1nnc2ccccc21. The number of ketones is 1. The van der Waals surface area contributed by atoms with E-state index in [1.54, 1.807) is 4.68 Å². The molecule has 4 rings (SSSR count). The molecule has 4 aromatic rings. The summed E-state index contributed by atoms with van der Waals surface area (Å²) in [4.78, 5) is 13.2. The smallest absolute Gasteiger partial charge is 0.191 e. The second-order valence-electron chi connectivity index (χ2n) is 5.97. The van der Waals surface area contributed by atoms with Crippen molar-refractivity contribution in [3.63, 3.8) is 0 Å². The molecule has 4 heteroatoms. The minimum Gasteiger partial charge on any atom is -0.291 e. The van der Waals surface area contributed by atoms with Gasteiger partial charge in [-0.3, -0.25) is 4.79 Å². The molecule has 0 N–H and O–H groups in total. The number of hydrogen-bond donors (Lipinski definition) is 0. The zero-order valence-corrected chi connectivity index (χ0v) is 14.1. The lowest BCUT2D eigenvalue weighted by atomic mass is 10.0. The normalized spacial score (nSPS) is 12.5. The van der Waals surface area contributed by atoms with Gasteiger partial charge in [0.05, 0.1) is 5.52 Å². The zero-order valence-electron chi connectivity index (χ0n) is 14.1. The first-order valence-corrected chi connectivity index (χ1v) is 8.45. The van der Waals surface area contributed by atoms with E-state index in [1.165, 1.54) is 0 Å². The van der Waals surface area contributed by atoms with Crippen LogP contribution in [-0.2, 0) is 0 Å². The van der Waals surface area contributed by atoms with Gasteiger partial charge >= 0.3 is 0 Å². The van der Waals surface area contributed by atoms with E-state index < -0.39 is 6.04 Å². The first-order chi connectivity index (χ1) is 12.8. The highest BCUT2D eigenvalue weighted by Crippen LogP contribution is 2.22. The molecule has 0 spiro atoms. The number of benzene rings is 3. The third-order valence-corrected chi connectivity index (χ3v) is 4.24. The van der Waals surface area contributed by atoms with Crippen molar-refractivity contribution in [2.75, 3.05) is 0 Å². The molecule has 4 nitrogen and oxygen atoms in total. The maximum atomic E-state index is 13.2. The van der Waals surface area contributed by atoms with Crippen LogP contribution in [0, 0.1) is 0 Å². The maximum Gasteiger partial charge on any atom is 0.191 e. The summed E-state index contributed by atoms with van der Waals surface area (Å²) in [6.07, 6.45) is 3.83. The van der Waals surface area contributed by atoms with Crippen molar-refractivity contribution in [1.29, 1.82) is 0 Å². The van der Waals surface area contributed by atoms with Crippen molar-refractivity contribution in [3.8, 4) is 0 Å². The Kier molecular flexibility index (Phi) is 4.39. The number of fused-ring (bicyclic) bond motifs is 1. The van der Waals surface area contributed by atoms with Gasteiger partial charge in [-0.05, 0) is 17.7 Å². The molecule has 0 fully saturated rings. The lowest BCUT2D eigenvalue weighted by Gasteiger charge is -2.13. The molecule has 1 atom stereocenters. The molecule has 0 aliphatic heterocycles. The molecule has 1 unspecified atom stereocenters. The van der Waals surface area contributed by atoms with Crippen molar-refractivity contribution in [1.82, 2.24) is 15.0 Å². The Hall–Kier alpha value is -3.53. The number of nitrogens with zero attached hydrogens (tertiary/aromatic N) is 3. The van der Waals surface area contributed by atoms with Crippen molar-refractivity contribution >= 4 is 22.9 Å². The average molecular weight is 339 g/mol. The summed E-state index contributed by atoms with van der Waals surface area (Å²) in [5.74, 6) is -0.0200. The summed E-state index contributed by atoms with van der Waals surface area (Å²) < 4.78 is 1.68. The Bertz CT molecular complexity index is 1050. The van der Waals surface area contributed by atoms with Crippen LogP contribution in [-0.4, -0.2) is 20.8 Å². The largest absolute Gasteiger partial charge is 0.291 e. The molecule has 1 heterocycles. The van der Waals surface area contributed by atoms with Gasteiger partial charge < -0.3 is 0 Å². The number of aromatic nitrogens is 3. The summed E-state index contributed by atoms with van der Waals surface area (Å²) in [6, 6.07) is 26.3. The van der Waals surface area contributed by atoms with Gasteiger partial charge in [0.2, 0.25) is 0 Å². The van der Waals surface area contributed by atoms with Crippen LogP contribution in [0.5, 0.6) is 0 Å². The topological polar surface area (TPSA) is 47.8 Å². The lowest BCUT2D eigenvalue weighted by Crippen LogP contribution is -2.19. The van der Waals surface area contributed by atoms with Gasteiger partial charge in [0, 0.05) is 5.56 Å². The van der Waals surface area contributed by atoms with Crippen molar-refractivity contribution in [2.24, 2.45) is 0 Å². The van der Waals surface area contributed by atoms with Crippen molar-refractivity contribution in [3.05, 3.63) is 102 Å². The number of hydrogen-bond acceptors (Lipinski definition) is 3. The van der Waals surface area contributed by atoms with E-state index >= 15 is 0 Å². The molecular weight excluding hydrogens is 322 g/mol. The fourth-order valence-electron chi connectivity index (χ4n) is 2.91. The van der Waals surface area contributed by atoms with E-state index in [9.17, 15) is 4.79 Å². The molecule has 0 aliphatic rings. The molecule has 3 aromatic carbocycles. The minimum absolute atomic E-state index is 0.0200. The van der Waals surface area contributed by atoms with Crippen LogP contribution in [0.2, 0.25) is 0 Å². The Morgan fingerprint density at radius 1 is 0.846 bits per heavy atom. The van der Waals surface area contributed by atoms with Crippen LogP contribution in [0.4, 0.5) is 0 Å². The lowest BCUT2D eigenvalue weighted by molar-refractivity contribution is 0.0945. The molecule has 0 saturated carbocycles. The molecule has 0 bridgehead atoms. The van der Waals surface area contributed by atoms with E-state index in [0.29, 0.717) is 5.56 Å². The monoisotopic (exact) mass is 339 g/mol.